The summed E-state index contributed by atoms with van der Waals surface area (Å²) in [7, 11) is 0. The molecule has 0 aliphatic heterocycles. The predicted octanol–water partition coefficient (Wildman–Crippen LogP) is 4.54. The molecule has 0 radical (unpaired) electrons. The van der Waals surface area contributed by atoms with Crippen LogP contribution in [0.15, 0.2) is 34.7 Å². The molecule has 0 saturated carbocycles. The van der Waals surface area contributed by atoms with Crippen LogP contribution in [0.1, 0.15) is 35.7 Å². The second-order valence-electron chi connectivity index (χ2n) is 4.23. The van der Waals surface area contributed by atoms with E-state index in [0.29, 0.717) is 17.2 Å². The summed E-state index contributed by atoms with van der Waals surface area (Å²) in [5.74, 6) is 1.01. The second-order valence-corrected chi connectivity index (χ2v) is 4.60. The maximum absolute atomic E-state index is 10.9. The van der Waals surface area contributed by atoms with Gasteiger partial charge < -0.3 is 4.42 Å². The van der Waals surface area contributed by atoms with Gasteiger partial charge in [-0.15, -0.1) is 0 Å². The highest BCUT2D eigenvalue weighted by atomic mass is 35.5. The Kier molecular flexibility index (Phi) is 3.34. The highest BCUT2D eigenvalue weighted by Gasteiger charge is 2.11. The van der Waals surface area contributed by atoms with Crippen molar-refractivity contribution in [3.8, 4) is 11.3 Å². The molecule has 0 atom stereocenters. The molecule has 0 fully saturated rings. The standard InChI is InChI=1S/C14H13ClO2/c1-9(2)10-3-5-11(6-4-10)14-12(8-16)7-13(15)17-14/h3-9H,1-2H3. The van der Waals surface area contributed by atoms with Gasteiger partial charge in [0.25, 0.3) is 0 Å². The molecule has 2 rings (SSSR count). The van der Waals surface area contributed by atoms with E-state index in [1.165, 1.54) is 11.6 Å². The van der Waals surface area contributed by atoms with Gasteiger partial charge in [0, 0.05) is 11.6 Å². The molecule has 0 spiro atoms. The van der Waals surface area contributed by atoms with E-state index in [1.807, 2.05) is 24.3 Å². The van der Waals surface area contributed by atoms with E-state index < -0.39 is 0 Å². The molecule has 0 aliphatic carbocycles. The number of rotatable bonds is 3. The van der Waals surface area contributed by atoms with E-state index in [2.05, 4.69) is 13.8 Å². The number of carbonyl (C=O) groups is 1. The third kappa shape index (κ3) is 2.42. The van der Waals surface area contributed by atoms with E-state index in [1.54, 1.807) is 0 Å². The predicted molar refractivity (Wildman–Crippen MR) is 68.6 cm³/mol. The first-order valence-corrected chi connectivity index (χ1v) is 5.84. The zero-order chi connectivity index (χ0) is 12.4. The molecule has 3 heteroatoms. The Labute approximate surface area is 105 Å². The van der Waals surface area contributed by atoms with Crippen molar-refractivity contribution in [1.29, 1.82) is 0 Å². The van der Waals surface area contributed by atoms with Crippen molar-refractivity contribution in [1.82, 2.24) is 0 Å². The molecular formula is C14H13ClO2. The summed E-state index contributed by atoms with van der Waals surface area (Å²) in [6, 6.07) is 9.48. The van der Waals surface area contributed by atoms with Crippen LogP contribution in [0, 0.1) is 0 Å². The van der Waals surface area contributed by atoms with Gasteiger partial charge in [0.15, 0.2) is 11.5 Å². The maximum Gasteiger partial charge on any atom is 0.194 e. The molecule has 0 aliphatic rings. The molecule has 0 saturated heterocycles. The zero-order valence-electron chi connectivity index (χ0n) is 9.74. The van der Waals surface area contributed by atoms with Crippen LogP contribution < -0.4 is 0 Å². The van der Waals surface area contributed by atoms with Gasteiger partial charge >= 0.3 is 0 Å². The van der Waals surface area contributed by atoms with E-state index in [0.717, 1.165) is 11.8 Å². The molecule has 1 aromatic carbocycles. The number of hydrogen-bond acceptors (Lipinski definition) is 2. The van der Waals surface area contributed by atoms with Crippen LogP contribution in [0.4, 0.5) is 0 Å². The van der Waals surface area contributed by atoms with Crippen LogP contribution in [0.2, 0.25) is 5.22 Å². The molecule has 2 aromatic rings. The van der Waals surface area contributed by atoms with E-state index in [-0.39, 0.29) is 5.22 Å². The number of furan rings is 1. The molecule has 1 heterocycles. The van der Waals surface area contributed by atoms with Crippen molar-refractivity contribution in [3.05, 3.63) is 46.7 Å². The lowest BCUT2D eigenvalue weighted by atomic mass is 10.0. The first-order chi connectivity index (χ1) is 8.11. The van der Waals surface area contributed by atoms with E-state index >= 15 is 0 Å². The molecule has 0 bridgehead atoms. The summed E-state index contributed by atoms with van der Waals surface area (Å²) in [6.07, 6.45) is 0.751. The molecule has 0 amide bonds. The van der Waals surface area contributed by atoms with Gasteiger partial charge in [-0.1, -0.05) is 38.1 Å². The van der Waals surface area contributed by atoms with Crippen molar-refractivity contribution in [2.24, 2.45) is 0 Å². The smallest absolute Gasteiger partial charge is 0.194 e. The van der Waals surface area contributed by atoms with Crippen LogP contribution in [0.3, 0.4) is 0 Å². The Morgan fingerprint density at radius 3 is 2.41 bits per heavy atom. The Morgan fingerprint density at radius 1 is 1.24 bits per heavy atom. The van der Waals surface area contributed by atoms with Crippen LogP contribution in [0.25, 0.3) is 11.3 Å². The largest absolute Gasteiger partial charge is 0.444 e. The van der Waals surface area contributed by atoms with Gasteiger partial charge in [0.05, 0.1) is 5.56 Å². The zero-order valence-corrected chi connectivity index (χ0v) is 10.5. The third-order valence-corrected chi connectivity index (χ3v) is 2.88. The second kappa shape index (κ2) is 4.76. The van der Waals surface area contributed by atoms with Gasteiger partial charge in [0.2, 0.25) is 0 Å². The number of halogens is 1. The monoisotopic (exact) mass is 248 g/mol. The first-order valence-electron chi connectivity index (χ1n) is 5.46. The lowest BCUT2D eigenvalue weighted by Gasteiger charge is -2.05. The fourth-order valence-electron chi connectivity index (χ4n) is 1.71. The summed E-state index contributed by atoms with van der Waals surface area (Å²) in [5.41, 5.74) is 2.59. The molecule has 17 heavy (non-hydrogen) atoms. The van der Waals surface area contributed by atoms with E-state index in [9.17, 15) is 4.79 Å². The Balaban J connectivity index is 2.42. The summed E-state index contributed by atoms with van der Waals surface area (Å²) in [4.78, 5) is 10.9. The SMILES string of the molecule is CC(C)c1ccc(-c2oc(Cl)cc2C=O)cc1. The third-order valence-electron chi connectivity index (χ3n) is 2.70. The number of benzene rings is 1. The molecule has 1 aromatic heterocycles. The number of aldehydes is 1. The normalized spacial score (nSPS) is 10.8. The van der Waals surface area contributed by atoms with Crippen LogP contribution in [0.5, 0.6) is 0 Å². The minimum absolute atomic E-state index is 0.232. The minimum atomic E-state index is 0.232. The molecule has 0 unspecified atom stereocenters. The fourth-order valence-corrected chi connectivity index (χ4v) is 1.90. The van der Waals surface area contributed by atoms with Crippen molar-refractivity contribution >= 4 is 17.9 Å². The molecule has 2 nitrogen and oxygen atoms in total. The fraction of sp³-hybridized carbons (Fsp3) is 0.214. The van der Waals surface area contributed by atoms with Gasteiger partial charge in [-0.2, -0.15) is 0 Å². The number of carbonyl (C=O) groups excluding carboxylic acids is 1. The van der Waals surface area contributed by atoms with Gasteiger partial charge in [-0.25, -0.2) is 0 Å². The average molecular weight is 249 g/mol. The lowest BCUT2D eigenvalue weighted by molar-refractivity contribution is 0.112. The molecule has 88 valence electrons. The number of hydrogen-bond donors (Lipinski definition) is 0. The van der Waals surface area contributed by atoms with E-state index in [4.69, 9.17) is 16.0 Å². The van der Waals surface area contributed by atoms with Crippen molar-refractivity contribution < 1.29 is 9.21 Å². The lowest BCUT2D eigenvalue weighted by Crippen LogP contribution is -1.87. The summed E-state index contributed by atoms with van der Waals surface area (Å²) in [6.45, 7) is 4.27. The van der Waals surface area contributed by atoms with Crippen LogP contribution in [-0.2, 0) is 0 Å². The minimum Gasteiger partial charge on any atom is -0.444 e. The highest BCUT2D eigenvalue weighted by molar-refractivity contribution is 6.29. The van der Waals surface area contributed by atoms with Crippen molar-refractivity contribution in [2.45, 2.75) is 19.8 Å². The summed E-state index contributed by atoms with van der Waals surface area (Å²) in [5, 5.41) is 0.232. The Bertz CT molecular complexity index is 524. The molecular weight excluding hydrogens is 236 g/mol. The van der Waals surface area contributed by atoms with Crippen LogP contribution >= 0.6 is 11.6 Å². The van der Waals surface area contributed by atoms with Gasteiger partial charge in [0.1, 0.15) is 5.76 Å². The Morgan fingerprint density at radius 2 is 1.88 bits per heavy atom. The maximum atomic E-state index is 10.9. The Hall–Kier alpha value is -1.54. The highest BCUT2D eigenvalue weighted by Crippen LogP contribution is 2.29. The topological polar surface area (TPSA) is 30.2 Å². The van der Waals surface area contributed by atoms with Crippen molar-refractivity contribution in [2.75, 3.05) is 0 Å². The summed E-state index contributed by atoms with van der Waals surface area (Å²) < 4.78 is 5.33. The quantitative estimate of drug-likeness (QED) is 0.747. The summed E-state index contributed by atoms with van der Waals surface area (Å²) >= 11 is 5.75. The van der Waals surface area contributed by atoms with Crippen molar-refractivity contribution in [3.63, 3.8) is 0 Å². The van der Waals surface area contributed by atoms with Gasteiger partial charge in [-0.3, -0.25) is 4.79 Å². The van der Waals surface area contributed by atoms with Gasteiger partial charge in [-0.05, 0) is 23.1 Å². The van der Waals surface area contributed by atoms with Crippen LogP contribution in [-0.4, -0.2) is 6.29 Å². The average Bonchev–Trinajstić information content (AvgIpc) is 2.70. The molecule has 0 N–H and O–H groups in total. The first kappa shape index (κ1) is 11.9.